The van der Waals surface area contributed by atoms with Crippen molar-refractivity contribution in [1.29, 1.82) is 0 Å². The summed E-state index contributed by atoms with van der Waals surface area (Å²) in [4.78, 5) is 23.3. The van der Waals surface area contributed by atoms with E-state index in [4.69, 9.17) is 16.3 Å². The van der Waals surface area contributed by atoms with Gasteiger partial charge in [-0.1, -0.05) is 37.9 Å². The average molecular weight is 391 g/mol. The van der Waals surface area contributed by atoms with Gasteiger partial charge in [-0.05, 0) is 48.4 Å². The lowest BCUT2D eigenvalue weighted by Gasteiger charge is -2.19. The summed E-state index contributed by atoms with van der Waals surface area (Å²) < 4.78 is 5.69. The predicted octanol–water partition coefficient (Wildman–Crippen LogP) is 4.16. The molecule has 0 bridgehead atoms. The Morgan fingerprint density at radius 3 is 2.44 bits per heavy atom. The molecule has 0 saturated heterocycles. The zero-order valence-corrected chi connectivity index (χ0v) is 16.0. The second-order valence-electron chi connectivity index (χ2n) is 6.21. The number of amides is 1. The molecule has 0 aliphatic carbocycles. The van der Waals surface area contributed by atoms with Crippen LogP contribution in [0.3, 0.4) is 0 Å². The van der Waals surface area contributed by atoms with Gasteiger partial charge in [-0.2, -0.15) is 0 Å². The molecule has 0 radical (unpaired) electrons. The Morgan fingerprint density at radius 1 is 1.15 bits per heavy atom. The van der Waals surface area contributed by atoms with Crippen molar-refractivity contribution in [2.45, 2.75) is 26.3 Å². The van der Waals surface area contributed by atoms with Crippen LogP contribution in [0.4, 0.5) is 5.69 Å². The zero-order valence-electron chi connectivity index (χ0n) is 15.2. The van der Waals surface area contributed by atoms with Crippen molar-refractivity contribution in [2.24, 2.45) is 5.92 Å². The van der Waals surface area contributed by atoms with Crippen LogP contribution in [0.25, 0.3) is 0 Å². The van der Waals surface area contributed by atoms with Gasteiger partial charge in [0, 0.05) is 10.7 Å². The van der Waals surface area contributed by atoms with Crippen LogP contribution in [-0.4, -0.2) is 29.6 Å². The number of aliphatic carboxylic acids is 1. The first kappa shape index (κ1) is 20.7. The van der Waals surface area contributed by atoms with Crippen LogP contribution >= 0.6 is 11.6 Å². The zero-order chi connectivity index (χ0) is 19.8. The first-order chi connectivity index (χ1) is 12.9. The molecule has 0 spiro atoms. The first-order valence-corrected chi connectivity index (χ1v) is 9.06. The maximum absolute atomic E-state index is 12.1. The van der Waals surface area contributed by atoms with Crippen molar-refractivity contribution in [3.05, 3.63) is 53.6 Å². The minimum Gasteiger partial charge on any atom is -0.480 e. The Hall–Kier alpha value is -2.57. The Bertz CT molecular complexity index is 780. The lowest BCUT2D eigenvalue weighted by atomic mass is 9.99. The van der Waals surface area contributed by atoms with E-state index in [1.54, 1.807) is 48.5 Å². The molecule has 0 fully saturated rings. The standard InChI is InChI=1S/C20H23ClN2O4/c1-3-13(2)19(20(25)26)22-12-18(24)23-15-7-9-16(10-8-15)27-17-6-4-5-14(21)11-17/h4-11,13,19,22H,3,12H2,1-2H3,(H,23,24)(H,25,26)/t13-,19-/m0/s1. The molecule has 1 amide bonds. The fourth-order valence-corrected chi connectivity index (χ4v) is 2.63. The summed E-state index contributed by atoms with van der Waals surface area (Å²) in [5.41, 5.74) is 0.593. The van der Waals surface area contributed by atoms with Crippen molar-refractivity contribution in [1.82, 2.24) is 5.32 Å². The van der Waals surface area contributed by atoms with E-state index in [1.807, 2.05) is 13.8 Å². The Kier molecular flexibility index (Phi) is 7.64. The minimum absolute atomic E-state index is 0.0711. The van der Waals surface area contributed by atoms with Crippen LogP contribution in [0.15, 0.2) is 48.5 Å². The third-order valence-electron chi connectivity index (χ3n) is 4.13. The fraction of sp³-hybridized carbons (Fsp3) is 0.300. The highest BCUT2D eigenvalue weighted by atomic mass is 35.5. The number of carbonyl (C=O) groups is 2. The highest BCUT2D eigenvalue weighted by Gasteiger charge is 2.23. The van der Waals surface area contributed by atoms with E-state index < -0.39 is 12.0 Å². The molecular formula is C20H23ClN2O4. The molecule has 2 rings (SSSR count). The molecule has 144 valence electrons. The summed E-state index contributed by atoms with van der Waals surface area (Å²) in [6.45, 7) is 3.67. The largest absolute Gasteiger partial charge is 0.480 e. The second-order valence-corrected chi connectivity index (χ2v) is 6.65. The number of carbonyl (C=O) groups excluding carboxylic acids is 1. The summed E-state index contributed by atoms with van der Waals surface area (Å²) >= 11 is 5.92. The number of anilines is 1. The molecule has 7 heteroatoms. The van der Waals surface area contributed by atoms with Gasteiger partial charge < -0.3 is 15.2 Å². The summed E-state index contributed by atoms with van der Waals surface area (Å²) in [5, 5.41) is 15.3. The number of halogens is 1. The molecule has 0 aliphatic rings. The summed E-state index contributed by atoms with van der Waals surface area (Å²) in [5.74, 6) is -0.115. The van der Waals surface area contributed by atoms with E-state index in [9.17, 15) is 14.7 Å². The molecule has 0 aliphatic heterocycles. The molecule has 6 nitrogen and oxygen atoms in total. The monoisotopic (exact) mass is 390 g/mol. The van der Waals surface area contributed by atoms with E-state index in [2.05, 4.69) is 10.6 Å². The van der Waals surface area contributed by atoms with Gasteiger partial charge in [-0.25, -0.2) is 0 Å². The smallest absolute Gasteiger partial charge is 0.320 e. The number of rotatable bonds is 9. The Balaban J connectivity index is 1.88. The molecule has 2 aromatic carbocycles. The van der Waals surface area contributed by atoms with E-state index in [1.165, 1.54) is 0 Å². The van der Waals surface area contributed by atoms with Gasteiger partial charge in [0.2, 0.25) is 5.91 Å². The van der Waals surface area contributed by atoms with Gasteiger partial charge in [0.25, 0.3) is 0 Å². The van der Waals surface area contributed by atoms with Gasteiger partial charge in [0.15, 0.2) is 0 Å². The quantitative estimate of drug-likeness (QED) is 0.598. The number of carboxylic acid groups (broad SMARTS) is 1. The lowest BCUT2D eigenvalue weighted by molar-refractivity contribution is -0.140. The molecule has 0 unspecified atom stereocenters. The van der Waals surface area contributed by atoms with Crippen molar-refractivity contribution >= 4 is 29.2 Å². The highest BCUT2D eigenvalue weighted by Crippen LogP contribution is 2.25. The SMILES string of the molecule is CC[C@H](C)[C@H](NCC(=O)Nc1ccc(Oc2cccc(Cl)c2)cc1)C(=O)O. The van der Waals surface area contributed by atoms with E-state index >= 15 is 0 Å². The van der Waals surface area contributed by atoms with E-state index in [-0.39, 0.29) is 18.4 Å². The van der Waals surface area contributed by atoms with Crippen molar-refractivity contribution < 1.29 is 19.4 Å². The van der Waals surface area contributed by atoms with E-state index in [0.29, 0.717) is 28.6 Å². The van der Waals surface area contributed by atoms with Gasteiger partial charge in [-0.15, -0.1) is 0 Å². The summed E-state index contributed by atoms with van der Waals surface area (Å²) in [7, 11) is 0. The third kappa shape index (κ3) is 6.58. The van der Waals surface area contributed by atoms with Crippen LogP contribution in [0, 0.1) is 5.92 Å². The van der Waals surface area contributed by atoms with Crippen molar-refractivity contribution in [2.75, 3.05) is 11.9 Å². The molecule has 2 atom stereocenters. The summed E-state index contributed by atoms with van der Waals surface area (Å²) in [6, 6.07) is 13.2. The van der Waals surface area contributed by atoms with Gasteiger partial charge in [-0.3, -0.25) is 14.9 Å². The topological polar surface area (TPSA) is 87.7 Å². The van der Waals surface area contributed by atoms with Gasteiger partial charge >= 0.3 is 5.97 Å². The Morgan fingerprint density at radius 2 is 1.85 bits per heavy atom. The first-order valence-electron chi connectivity index (χ1n) is 8.68. The molecule has 2 aromatic rings. The number of nitrogens with one attached hydrogen (secondary N) is 2. The molecule has 0 saturated carbocycles. The van der Waals surface area contributed by atoms with Crippen LogP contribution in [0.5, 0.6) is 11.5 Å². The fourth-order valence-electron chi connectivity index (χ4n) is 2.45. The van der Waals surface area contributed by atoms with Crippen molar-refractivity contribution in [3.63, 3.8) is 0 Å². The number of hydrogen-bond acceptors (Lipinski definition) is 4. The molecule has 0 aromatic heterocycles. The van der Waals surface area contributed by atoms with Crippen LogP contribution in [0.1, 0.15) is 20.3 Å². The molecule has 3 N–H and O–H groups in total. The summed E-state index contributed by atoms with van der Waals surface area (Å²) in [6.07, 6.45) is 0.708. The normalized spacial score (nSPS) is 12.9. The van der Waals surface area contributed by atoms with Gasteiger partial charge in [0.1, 0.15) is 17.5 Å². The highest BCUT2D eigenvalue weighted by molar-refractivity contribution is 6.30. The van der Waals surface area contributed by atoms with E-state index in [0.717, 1.165) is 0 Å². The maximum Gasteiger partial charge on any atom is 0.320 e. The average Bonchev–Trinajstić information content (AvgIpc) is 2.63. The predicted molar refractivity (Wildman–Crippen MR) is 105 cm³/mol. The third-order valence-corrected chi connectivity index (χ3v) is 4.37. The minimum atomic E-state index is -0.959. The van der Waals surface area contributed by atoms with Crippen LogP contribution < -0.4 is 15.4 Å². The number of carboxylic acids is 1. The molecular weight excluding hydrogens is 368 g/mol. The lowest BCUT2D eigenvalue weighted by Crippen LogP contribution is -2.45. The number of benzene rings is 2. The van der Waals surface area contributed by atoms with Crippen LogP contribution in [0.2, 0.25) is 5.02 Å². The Labute approximate surface area is 163 Å². The number of ether oxygens (including phenoxy) is 1. The molecule has 0 heterocycles. The van der Waals surface area contributed by atoms with Crippen LogP contribution in [-0.2, 0) is 9.59 Å². The van der Waals surface area contributed by atoms with Gasteiger partial charge in [0.05, 0.1) is 6.54 Å². The maximum atomic E-state index is 12.1. The molecule has 27 heavy (non-hydrogen) atoms. The second kappa shape index (κ2) is 9.94. The number of hydrogen-bond donors (Lipinski definition) is 3. The van der Waals surface area contributed by atoms with Crippen molar-refractivity contribution in [3.8, 4) is 11.5 Å².